The zero-order chi connectivity index (χ0) is 15.6. The van der Waals surface area contributed by atoms with Crippen LogP contribution in [0.4, 0.5) is 8.78 Å². The number of carboxylic acid groups (broad SMARTS) is 1. The Bertz CT molecular complexity index is 789. The normalized spacial score (nSPS) is 11.5. The van der Waals surface area contributed by atoms with Gasteiger partial charge in [-0.25, -0.2) is 26.7 Å². The molecule has 0 aliphatic heterocycles. The van der Waals surface area contributed by atoms with Crippen LogP contribution >= 0.6 is 0 Å². The lowest BCUT2D eigenvalue weighted by molar-refractivity contribution is 0.0692. The van der Waals surface area contributed by atoms with Crippen molar-refractivity contribution in [2.45, 2.75) is 11.6 Å². The van der Waals surface area contributed by atoms with Crippen LogP contribution < -0.4 is 4.72 Å². The van der Waals surface area contributed by atoms with Gasteiger partial charge in [0.15, 0.2) is 5.03 Å². The zero-order valence-corrected chi connectivity index (χ0v) is 11.1. The van der Waals surface area contributed by atoms with Crippen molar-refractivity contribution in [1.29, 1.82) is 0 Å². The molecule has 2 rings (SSSR count). The Labute approximate surface area is 117 Å². The van der Waals surface area contributed by atoms with Gasteiger partial charge in [0.2, 0.25) is 0 Å². The van der Waals surface area contributed by atoms with Crippen LogP contribution in [0, 0.1) is 11.6 Å². The van der Waals surface area contributed by atoms with E-state index in [2.05, 4.69) is 5.10 Å². The quantitative estimate of drug-likeness (QED) is 0.757. The van der Waals surface area contributed by atoms with Crippen LogP contribution in [0.1, 0.15) is 15.9 Å². The second-order valence-corrected chi connectivity index (χ2v) is 5.68. The van der Waals surface area contributed by atoms with E-state index in [1.54, 1.807) is 0 Å². The van der Waals surface area contributed by atoms with Crippen molar-refractivity contribution in [2.75, 3.05) is 0 Å². The first-order chi connectivity index (χ1) is 9.81. The van der Waals surface area contributed by atoms with Crippen LogP contribution in [0.15, 0.2) is 29.4 Å². The van der Waals surface area contributed by atoms with Gasteiger partial charge in [-0.3, -0.25) is 5.10 Å². The third kappa shape index (κ3) is 3.23. The molecule has 1 aromatic heterocycles. The van der Waals surface area contributed by atoms with Crippen molar-refractivity contribution in [1.82, 2.24) is 14.9 Å². The van der Waals surface area contributed by atoms with Gasteiger partial charge >= 0.3 is 5.97 Å². The van der Waals surface area contributed by atoms with Gasteiger partial charge in [-0.05, 0) is 18.2 Å². The average Bonchev–Trinajstić information content (AvgIpc) is 2.90. The number of carbonyl (C=O) groups is 1. The lowest BCUT2D eigenvalue weighted by atomic mass is 10.2. The summed E-state index contributed by atoms with van der Waals surface area (Å²) in [4.78, 5) is 10.8. The first kappa shape index (κ1) is 15.1. The Morgan fingerprint density at radius 2 is 2.10 bits per heavy atom. The zero-order valence-electron chi connectivity index (χ0n) is 10.3. The number of H-pyrrole nitrogens is 1. The summed E-state index contributed by atoms with van der Waals surface area (Å²) in [5.41, 5.74) is -0.767. The molecule has 0 aliphatic carbocycles. The first-order valence-corrected chi connectivity index (χ1v) is 7.00. The fraction of sp³-hybridized carbons (Fsp3) is 0.0909. The molecule has 3 N–H and O–H groups in total. The number of aromatic amines is 1. The maximum Gasteiger partial charge on any atom is 0.340 e. The van der Waals surface area contributed by atoms with Gasteiger partial charge in [-0.15, -0.1) is 0 Å². The van der Waals surface area contributed by atoms with Crippen LogP contribution in [0.25, 0.3) is 0 Å². The summed E-state index contributed by atoms with van der Waals surface area (Å²) >= 11 is 0. The van der Waals surface area contributed by atoms with E-state index in [0.717, 1.165) is 24.4 Å². The van der Waals surface area contributed by atoms with Gasteiger partial charge in [0.05, 0.1) is 6.20 Å². The monoisotopic (exact) mass is 317 g/mol. The SMILES string of the molecule is O=C(O)c1cn[nH]c1S(=O)(=O)NCc1cc(F)ccc1F. The van der Waals surface area contributed by atoms with Crippen LogP contribution in [0.2, 0.25) is 0 Å². The number of rotatable bonds is 5. The number of nitrogens with one attached hydrogen (secondary N) is 2. The third-order valence-corrected chi connectivity index (χ3v) is 3.94. The lowest BCUT2D eigenvalue weighted by Crippen LogP contribution is -2.25. The highest BCUT2D eigenvalue weighted by atomic mass is 32.2. The van der Waals surface area contributed by atoms with E-state index in [-0.39, 0.29) is 5.56 Å². The van der Waals surface area contributed by atoms with E-state index in [1.807, 2.05) is 9.82 Å². The number of aromatic carboxylic acids is 1. The topological polar surface area (TPSA) is 112 Å². The van der Waals surface area contributed by atoms with E-state index in [1.165, 1.54) is 0 Å². The summed E-state index contributed by atoms with van der Waals surface area (Å²) in [6.07, 6.45) is 0.833. The largest absolute Gasteiger partial charge is 0.478 e. The maximum atomic E-state index is 13.4. The molecule has 7 nitrogen and oxygen atoms in total. The number of hydrogen-bond acceptors (Lipinski definition) is 4. The van der Waals surface area contributed by atoms with Crippen LogP contribution in [0.5, 0.6) is 0 Å². The first-order valence-electron chi connectivity index (χ1n) is 5.51. The summed E-state index contributed by atoms with van der Waals surface area (Å²) in [5, 5.41) is 13.5. The molecule has 10 heteroatoms. The number of nitrogens with zero attached hydrogens (tertiary/aromatic N) is 1. The van der Waals surface area contributed by atoms with Crippen molar-refractivity contribution < 1.29 is 27.1 Å². The summed E-state index contributed by atoms with van der Waals surface area (Å²) in [6, 6.07) is 2.59. The Morgan fingerprint density at radius 1 is 1.38 bits per heavy atom. The molecule has 0 bridgehead atoms. The second kappa shape index (κ2) is 5.58. The maximum absolute atomic E-state index is 13.4. The molecular weight excluding hydrogens is 308 g/mol. The number of carboxylic acids is 1. The minimum Gasteiger partial charge on any atom is -0.478 e. The van der Waals surface area contributed by atoms with Gasteiger partial charge < -0.3 is 5.11 Å². The van der Waals surface area contributed by atoms with E-state index >= 15 is 0 Å². The highest BCUT2D eigenvalue weighted by Gasteiger charge is 2.24. The molecule has 21 heavy (non-hydrogen) atoms. The predicted molar refractivity (Wildman–Crippen MR) is 65.9 cm³/mol. The Morgan fingerprint density at radius 3 is 2.76 bits per heavy atom. The van der Waals surface area contributed by atoms with E-state index < -0.39 is 44.8 Å². The molecule has 0 radical (unpaired) electrons. The molecule has 112 valence electrons. The van der Waals surface area contributed by atoms with Crippen molar-refractivity contribution in [3.05, 3.63) is 47.2 Å². The summed E-state index contributed by atoms with van der Waals surface area (Å²) in [5.74, 6) is -3.00. The van der Waals surface area contributed by atoms with Crippen LogP contribution in [-0.4, -0.2) is 29.7 Å². The minimum atomic E-state index is -4.26. The number of halogens is 2. The molecule has 0 aliphatic rings. The van der Waals surface area contributed by atoms with Crippen molar-refractivity contribution in [3.63, 3.8) is 0 Å². The Balaban J connectivity index is 2.24. The average molecular weight is 317 g/mol. The summed E-state index contributed by atoms with van der Waals surface area (Å²) in [6.45, 7) is -0.538. The van der Waals surface area contributed by atoms with Gasteiger partial charge in [0, 0.05) is 12.1 Å². The van der Waals surface area contributed by atoms with E-state index in [4.69, 9.17) is 5.11 Å². The fourth-order valence-electron chi connectivity index (χ4n) is 1.56. The number of sulfonamides is 1. The lowest BCUT2D eigenvalue weighted by Gasteiger charge is -2.07. The van der Waals surface area contributed by atoms with Crippen LogP contribution in [0.3, 0.4) is 0 Å². The molecule has 0 saturated carbocycles. The molecule has 2 aromatic rings. The third-order valence-electron chi connectivity index (χ3n) is 2.56. The van der Waals surface area contributed by atoms with E-state index in [9.17, 15) is 22.0 Å². The molecule has 0 atom stereocenters. The fourth-order valence-corrected chi connectivity index (χ4v) is 2.65. The van der Waals surface area contributed by atoms with E-state index in [0.29, 0.717) is 0 Å². The molecule has 0 fully saturated rings. The van der Waals surface area contributed by atoms with Crippen LogP contribution in [-0.2, 0) is 16.6 Å². The van der Waals surface area contributed by atoms with Gasteiger partial charge in [-0.1, -0.05) is 0 Å². The highest BCUT2D eigenvalue weighted by molar-refractivity contribution is 7.89. The van der Waals surface area contributed by atoms with Gasteiger partial charge in [0.1, 0.15) is 17.2 Å². The number of aromatic nitrogens is 2. The molecule has 0 unspecified atom stereocenters. The van der Waals surface area contributed by atoms with Gasteiger partial charge in [-0.2, -0.15) is 5.10 Å². The minimum absolute atomic E-state index is 0.213. The number of hydrogen-bond donors (Lipinski definition) is 3. The molecule has 1 heterocycles. The summed E-state index contributed by atoms with van der Waals surface area (Å²) in [7, 11) is -4.26. The van der Waals surface area contributed by atoms with Crippen molar-refractivity contribution in [2.24, 2.45) is 0 Å². The molecule has 1 aromatic carbocycles. The summed E-state index contributed by atoms with van der Waals surface area (Å²) < 4.78 is 52.2. The highest BCUT2D eigenvalue weighted by Crippen LogP contribution is 2.14. The Kier molecular flexibility index (Phi) is 4.00. The molecular formula is C11H9F2N3O4S. The van der Waals surface area contributed by atoms with Crippen molar-refractivity contribution >= 4 is 16.0 Å². The Hall–Kier alpha value is -2.33. The van der Waals surface area contributed by atoms with Gasteiger partial charge in [0.25, 0.3) is 10.0 Å². The van der Waals surface area contributed by atoms with Crippen molar-refractivity contribution in [3.8, 4) is 0 Å². The molecule has 0 saturated heterocycles. The molecule has 0 spiro atoms. The second-order valence-electron chi connectivity index (χ2n) is 3.98. The predicted octanol–water partition coefficient (Wildman–Crippen LogP) is 0.865. The smallest absolute Gasteiger partial charge is 0.340 e. The number of benzene rings is 1. The molecule has 0 amide bonds. The standard InChI is InChI=1S/C11H9F2N3O4S/c12-7-1-2-9(13)6(3-7)4-15-21(19,20)10-8(11(17)18)5-14-16-10/h1-3,5,15H,4H2,(H,14,16)(H,17,18).